The van der Waals surface area contributed by atoms with Crippen molar-refractivity contribution in [3.05, 3.63) is 39.9 Å². The molecule has 0 aliphatic carbocycles. The fourth-order valence-electron chi connectivity index (χ4n) is 2.53. The summed E-state index contributed by atoms with van der Waals surface area (Å²) >= 11 is 1.71. The Hall–Kier alpha value is -1.70. The minimum Gasteiger partial charge on any atom is -0.379 e. The molecule has 7 heteroatoms. The number of ether oxygens (including phenoxy) is 1. The summed E-state index contributed by atoms with van der Waals surface area (Å²) in [6, 6.07) is 5.96. The Bertz CT molecular complexity index is 605. The van der Waals surface area contributed by atoms with Gasteiger partial charge in [0.15, 0.2) is 5.69 Å². The number of thiophene rings is 1. The summed E-state index contributed by atoms with van der Waals surface area (Å²) in [6.07, 6.45) is 0. The lowest BCUT2D eigenvalue weighted by Gasteiger charge is -2.34. The first-order chi connectivity index (χ1) is 10.7. The van der Waals surface area contributed by atoms with Gasteiger partial charge in [0.1, 0.15) is 5.76 Å². The Balaban J connectivity index is 1.66. The maximum atomic E-state index is 12.1. The van der Waals surface area contributed by atoms with Gasteiger partial charge in [0.25, 0.3) is 5.91 Å². The second-order valence-electron chi connectivity index (χ2n) is 5.21. The normalized spacial score (nSPS) is 17.3. The zero-order valence-electron chi connectivity index (χ0n) is 12.4. The van der Waals surface area contributed by atoms with Gasteiger partial charge in [-0.05, 0) is 18.4 Å². The molecule has 0 radical (unpaired) electrons. The molecule has 0 spiro atoms. The molecule has 0 bridgehead atoms. The molecule has 0 saturated carbocycles. The standard InChI is InChI=1S/C15H19N3O3S/c1-11-9-12(17-21-11)15(19)16-10-13(14-3-2-8-22-14)18-4-6-20-7-5-18/h2-3,8-9,13H,4-7,10H2,1H3,(H,16,19)/t13-/m0/s1. The predicted molar refractivity (Wildman–Crippen MR) is 83.0 cm³/mol. The molecule has 1 atom stereocenters. The number of nitrogens with zero attached hydrogens (tertiary/aromatic N) is 2. The van der Waals surface area contributed by atoms with E-state index >= 15 is 0 Å². The Morgan fingerprint density at radius 3 is 2.95 bits per heavy atom. The van der Waals surface area contributed by atoms with E-state index in [2.05, 4.69) is 26.8 Å². The highest BCUT2D eigenvalue weighted by Gasteiger charge is 2.24. The van der Waals surface area contributed by atoms with Crippen molar-refractivity contribution in [1.29, 1.82) is 0 Å². The highest BCUT2D eigenvalue weighted by Crippen LogP contribution is 2.25. The number of morpholine rings is 1. The zero-order chi connectivity index (χ0) is 15.4. The molecule has 2 aromatic heterocycles. The van der Waals surface area contributed by atoms with Crippen LogP contribution in [-0.2, 0) is 4.74 Å². The van der Waals surface area contributed by atoms with Gasteiger partial charge in [-0.3, -0.25) is 9.69 Å². The van der Waals surface area contributed by atoms with Crippen molar-refractivity contribution in [3.63, 3.8) is 0 Å². The van der Waals surface area contributed by atoms with Gasteiger partial charge in [0, 0.05) is 30.6 Å². The van der Waals surface area contributed by atoms with Crippen LogP contribution in [0.4, 0.5) is 0 Å². The Morgan fingerprint density at radius 1 is 1.50 bits per heavy atom. The van der Waals surface area contributed by atoms with Crippen LogP contribution in [0.5, 0.6) is 0 Å². The van der Waals surface area contributed by atoms with E-state index in [0.29, 0.717) is 18.0 Å². The lowest BCUT2D eigenvalue weighted by atomic mass is 10.2. The van der Waals surface area contributed by atoms with E-state index in [1.54, 1.807) is 24.3 Å². The number of aryl methyl sites for hydroxylation is 1. The summed E-state index contributed by atoms with van der Waals surface area (Å²) in [7, 11) is 0. The number of rotatable bonds is 5. The van der Waals surface area contributed by atoms with Gasteiger partial charge < -0.3 is 14.6 Å². The van der Waals surface area contributed by atoms with Gasteiger partial charge in [0.05, 0.1) is 19.3 Å². The predicted octanol–water partition coefficient (Wildman–Crippen LogP) is 1.85. The largest absolute Gasteiger partial charge is 0.379 e. The summed E-state index contributed by atoms with van der Waals surface area (Å²) < 4.78 is 10.4. The summed E-state index contributed by atoms with van der Waals surface area (Å²) in [4.78, 5) is 15.7. The molecule has 6 nitrogen and oxygen atoms in total. The summed E-state index contributed by atoms with van der Waals surface area (Å²) in [5, 5.41) is 8.77. The molecule has 1 fully saturated rings. The number of aromatic nitrogens is 1. The van der Waals surface area contributed by atoms with Gasteiger partial charge in [-0.15, -0.1) is 11.3 Å². The first-order valence-corrected chi connectivity index (χ1v) is 8.19. The first kappa shape index (κ1) is 15.2. The van der Waals surface area contributed by atoms with E-state index in [4.69, 9.17) is 9.26 Å². The van der Waals surface area contributed by atoms with Crippen molar-refractivity contribution in [3.8, 4) is 0 Å². The molecular weight excluding hydrogens is 302 g/mol. The zero-order valence-corrected chi connectivity index (χ0v) is 13.3. The van der Waals surface area contributed by atoms with Gasteiger partial charge >= 0.3 is 0 Å². The van der Waals surface area contributed by atoms with E-state index < -0.39 is 0 Å². The Labute approximate surface area is 133 Å². The summed E-state index contributed by atoms with van der Waals surface area (Å²) in [5.41, 5.74) is 0.324. The molecule has 1 amide bonds. The van der Waals surface area contributed by atoms with E-state index in [9.17, 15) is 4.79 Å². The average Bonchev–Trinajstić information content (AvgIpc) is 3.20. The van der Waals surface area contributed by atoms with Crippen LogP contribution >= 0.6 is 11.3 Å². The highest BCUT2D eigenvalue weighted by molar-refractivity contribution is 7.10. The van der Waals surface area contributed by atoms with Crippen LogP contribution in [-0.4, -0.2) is 48.8 Å². The van der Waals surface area contributed by atoms with Gasteiger partial charge in [-0.2, -0.15) is 0 Å². The molecule has 2 aromatic rings. The average molecular weight is 321 g/mol. The number of amides is 1. The quantitative estimate of drug-likeness (QED) is 0.910. The third-order valence-corrected chi connectivity index (χ3v) is 4.65. The maximum Gasteiger partial charge on any atom is 0.273 e. The first-order valence-electron chi connectivity index (χ1n) is 7.31. The van der Waals surface area contributed by atoms with Crippen LogP contribution in [0.2, 0.25) is 0 Å². The highest BCUT2D eigenvalue weighted by atomic mass is 32.1. The van der Waals surface area contributed by atoms with Gasteiger partial charge in [0.2, 0.25) is 0 Å². The van der Waals surface area contributed by atoms with E-state index in [0.717, 1.165) is 26.3 Å². The molecule has 1 aliphatic rings. The number of carbonyl (C=O) groups excluding carboxylic acids is 1. The van der Waals surface area contributed by atoms with Crippen LogP contribution in [0.15, 0.2) is 28.1 Å². The van der Waals surface area contributed by atoms with Crippen molar-refractivity contribution < 1.29 is 14.1 Å². The number of hydrogen-bond acceptors (Lipinski definition) is 6. The lowest BCUT2D eigenvalue weighted by molar-refractivity contribution is 0.0169. The third-order valence-electron chi connectivity index (χ3n) is 3.67. The number of hydrogen-bond donors (Lipinski definition) is 1. The van der Waals surface area contributed by atoms with Crippen molar-refractivity contribution >= 4 is 17.2 Å². The van der Waals surface area contributed by atoms with Crippen LogP contribution in [0.3, 0.4) is 0 Å². The molecule has 1 saturated heterocycles. The van der Waals surface area contributed by atoms with E-state index in [-0.39, 0.29) is 11.9 Å². The lowest BCUT2D eigenvalue weighted by Crippen LogP contribution is -2.43. The monoisotopic (exact) mass is 321 g/mol. The topological polar surface area (TPSA) is 67.6 Å². The van der Waals surface area contributed by atoms with Crippen molar-refractivity contribution in [2.45, 2.75) is 13.0 Å². The van der Waals surface area contributed by atoms with Crippen LogP contribution < -0.4 is 5.32 Å². The minimum absolute atomic E-state index is 0.167. The number of carbonyl (C=O) groups is 1. The van der Waals surface area contributed by atoms with E-state index in [1.807, 2.05) is 6.07 Å². The second kappa shape index (κ2) is 7.04. The molecule has 3 rings (SSSR count). The van der Waals surface area contributed by atoms with Crippen LogP contribution in [0.25, 0.3) is 0 Å². The molecule has 22 heavy (non-hydrogen) atoms. The SMILES string of the molecule is Cc1cc(C(=O)NC[C@@H](c2cccs2)N2CCOCC2)no1. The van der Waals surface area contributed by atoms with Gasteiger partial charge in [-0.1, -0.05) is 11.2 Å². The molecule has 3 heterocycles. The van der Waals surface area contributed by atoms with Crippen molar-refractivity contribution in [1.82, 2.24) is 15.4 Å². The summed E-state index contributed by atoms with van der Waals surface area (Å²) in [6.45, 7) is 5.54. The molecular formula is C15H19N3O3S. The summed E-state index contributed by atoms with van der Waals surface area (Å²) in [5.74, 6) is 0.430. The van der Waals surface area contributed by atoms with Crippen molar-refractivity contribution in [2.24, 2.45) is 0 Å². The molecule has 1 aliphatic heterocycles. The van der Waals surface area contributed by atoms with E-state index in [1.165, 1.54) is 4.88 Å². The third kappa shape index (κ3) is 3.55. The minimum atomic E-state index is -0.202. The fraction of sp³-hybridized carbons (Fsp3) is 0.467. The molecule has 118 valence electrons. The maximum absolute atomic E-state index is 12.1. The van der Waals surface area contributed by atoms with Gasteiger partial charge in [-0.25, -0.2) is 0 Å². The van der Waals surface area contributed by atoms with Crippen LogP contribution in [0, 0.1) is 6.92 Å². The van der Waals surface area contributed by atoms with Crippen molar-refractivity contribution in [2.75, 3.05) is 32.8 Å². The molecule has 0 unspecified atom stereocenters. The molecule has 0 aromatic carbocycles. The molecule has 1 N–H and O–H groups in total. The Morgan fingerprint density at radius 2 is 2.32 bits per heavy atom. The second-order valence-corrected chi connectivity index (χ2v) is 6.19. The Kier molecular flexibility index (Phi) is 4.87. The number of nitrogens with one attached hydrogen (secondary N) is 1. The smallest absolute Gasteiger partial charge is 0.273 e. The van der Waals surface area contributed by atoms with Crippen LogP contribution in [0.1, 0.15) is 27.2 Å². The fourth-order valence-corrected chi connectivity index (χ4v) is 3.39.